The van der Waals surface area contributed by atoms with E-state index in [4.69, 9.17) is 15.2 Å². The van der Waals surface area contributed by atoms with Crippen LogP contribution in [0, 0.1) is 17.8 Å². The fourth-order valence-electron chi connectivity index (χ4n) is 10.1. The van der Waals surface area contributed by atoms with Gasteiger partial charge in [-0.1, -0.05) is 102 Å². The maximum absolute atomic E-state index is 15.1. The number of ether oxygens (including phenoxy) is 2. The summed E-state index contributed by atoms with van der Waals surface area (Å²) in [7, 11) is 8.92. The number of cyclic esters (lactones) is 1. The standard InChI is InChI=1S/C59H92N8O11/c1-37(2)49-56(73)64(12)46(35-43-29-21-19-22-30-43)55(72)65(13)50(38(3)4)57(74)66(14)51(39(5)6)58(75)67-34-26-33-45(67)53(70)63(11)47(36-48(60)68)54(71)62(10)42(9)59(76)78-41(8)28-20-17-16-18-23-31-44(77-15)32-25-24-27-40(7)52(69)61-49/h16,18-19,21-22,24-25,27,29-30,37-39,41-42,44-47,49-51H,17,20,23,26,28,31-36H2,1-15H3,(H2,60,68)(H,61,69)/b18-16+,25-24+,40-27+. The lowest BCUT2D eigenvalue weighted by molar-refractivity contribution is -0.160. The zero-order valence-corrected chi connectivity index (χ0v) is 49.2. The van der Waals surface area contributed by atoms with Gasteiger partial charge in [0.2, 0.25) is 47.3 Å². The quantitative estimate of drug-likeness (QED) is 0.258. The van der Waals surface area contributed by atoms with Crippen molar-refractivity contribution in [2.24, 2.45) is 23.5 Å². The van der Waals surface area contributed by atoms with Gasteiger partial charge in [-0.2, -0.15) is 0 Å². The molecule has 19 heteroatoms. The van der Waals surface area contributed by atoms with E-state index < -0.39 is 120 Å². The van der Waals surface area contributed by atoms with Crippen molar-refractivity contribution in [1.82, 2.24) is 34.7 Å². The van der Waals surface area contributed by atoms with Crippen molar-refractivity contribution in [3.63, 3.8) is 0 Å². The van der Waals surface area contributed by atoms with Gasteiger partial charge in [0, 0.05) is 60.9 Å². The highest BCUT2D eigenvalue weighted by Gasteiger charge is 2.46. The van der Waals surface area contributed by atoms with E-state index >= 15 is 9.59 Å². The molecule has 1 aromatic carbocycles. The number of nitrogens with zero attached hydrogens (tertiary/aromatic N) is 6. The summed E-state index contributed by atoms with van der Waals surface area (Å²) in [5, 5.41) is 2.91. The Labute approximate surface area is 464 Å². The van der Waals surface area contributed by atoms with E-state index in [9.17, 15) is 33.6 Å². The van der Waals surface area contributed by atoms with Crippen LogP contribution < -0.4 is 11.1 Å². The number of carbonyl (C=O) groups is 9. The predicted molar refractivity (Wildman–Crippen MR) is 300 cm³/mol. The number of methoxy groups -OCH3 is 1. The second-order valence-corrected chi connectivity index (χ2v) is 22.2. The van der Waals surface area contributed by atoms with E-state index in [1.54, 1.807) is 60.8 Å². The number of allylic oxidation sites excluding steroid dienone is 4. The van der Waals surface area contributed by atoms with Crippen molar-refractivity contribution in [2.45, 2.75) is 181 Å². The average molecular weight is 1090 g/mol. The van der Waals surface area contributed by atoms with Crippen molar-refractivity contribution in [1.29, 1.82) is 0 Å². The lowest BCUT2D eigenvalue weighted by Crippen LogP contribution is -2.62. The van der Waals surface area contributed by atoms with Gasteiger partial charge in [0.05, 0.1) is 18.6 Å². The van der Waals surface area contributed by atoms with Crippen LogP contribution in [0.4, 0.5) is 0 Å². The molecule has 1 aromatic rings. The zero-order valence-electron chi connectivity index (χ0n) is 49.2. The summed E-state index contributed by atoms with van der Waals surface area (Å²) in [5.41, 5.74) is 6.78. The van der Waals surface area contributed by atoms with Crippen LogP contribution in [-0.4, -0.2) is 186 Å². The van der Waals surface area contributed by atoms with Crippen LogP contribution in [0.15, 0.2) is 66.3 Å². The molecule has 2 aliphatic heterocycles. The highest BCUT2D eigenvalue weighted by Crippen LogP contribution is 2.27. The minimum absolute atomic E-state index is 0.0779. The van der Waals surface area contributed by atoms with Crippen molar-refractivity contribution in [3.8, 4) is 0 Å². The molecular formula is C59H92N8O11. The van der Waals surface area contributed by atoms with Gasteiger partial charge in [0.1, 0.15) is 42.3 Å². The zero-order chi connectivity index (χ0) is 58.7. The van der Waals surface area contributed by atoms with Crippen LogP contribution in [-0.2, 0) is 59.0 Å². The van der Waals surface area contributed by atoms with E-state index in [1.165, 1.54) is 61.8 Å². The molecule has 0 spiro atoms. The Hall–Kier alpha value is -6.37. The van der Waals surface area contributed by atoms with Crippen molar-refractivity contribution >= 4 is 53.2 Å². The third-order valence-corrected chi connectivity index (χ3v) is 15.2. The minimum Gasteiger partial charge on any atom is -0.461 e. The topological polar surface area (TPSA) is 230 Å². The summed E-state index contributed by atoms with van der Waals surface area (Å²) >= 11 is 0. The van der Waals surface area contributed by atoms with E-state index in [2.05, 4.69) is 17.5 Å². The molecule has 9 unspecified atom stereocenters. The molecular weight excluding hydrogens is 997 g/mol. The molecule has 2 heterocycles. The monoisotopic (exact) mass is 1090 g/mol. The SMILES string of the molecule is COC1C/C=C/C=C(\C)C(=O)NC(C(C)C)C(=O)N(C)C(Cc2ccccc2)C(=O)N(C)C(C(C)C)C(=O)N(C)C(C(C)C)C(=O)N2CCCC2C(=O)N(C)C(CC(N)=O)C(=O)N(C)C(C)C(=O)OC(C)CCC/C=C/CC1. The Morgan fingerprint density at radius 1 is 0.679 bits per heavy atom. The number of amides is 8. The van der Waals surface area contributed by atoms with Gasteiger partial charge in [0.25, 0.3) is 0 Å². The maximum Gasteiger partial charge on any atom is 0.328 e. The molecule has 2 aliphatic rings. The Morgan fingerprint density at radius 3 is 1.85 bits per heavy atom. The molecule has 434 valence electrons. The molecule has 0 aliphatic carbocycles. The molecule has 1 fully saturated rings. The van der Waals surface area contributed by atoms with E-state index in [-0.39, 0.29) is 31.4 Å². The number of hydrogen-bond acceptors (Lipinski definition) is 11. The maximum atomic E-state index is 15.1. The minimum atomic E-state index is -1.42. The second kappa shape index (κ2) is 31.3. The first-order valence-electron chi connectivity index (χ1n) is 27.7. The van der Waals surface area contributed by atoms with Crippen molar-refractivity contribution in [3.05, 3.63) is 71.8 Å². The molecule has 19 nitrogen and oxygen atoms in total. The Kier molecular flexibility index (Phi) is 26.4. The summed E-state index contributed by atoms with van der Waals surface area (Å²) < 4.78 is 11.4. The van der Waals surface area contributed by atoms with Gasteiger partial charge in [-0.25, -0.2) is 4.79 Å². The first-order chi connectivity index (χ1) is 36.7. The molecule has 78 heavy (non-hydrogen) atoms. The molecule has 0 saturated carbocycles. The van der Waals surface area contributed by atoms with Gasteiger partial charge >= 0.3 is 5.97 Å². The normalized spacial score (nSPS) is 28.4. The van der Waals surface area contributed by atoms with Gasteiger partial charge in [0.15, 0.2) is 0 Å². The molecule has 3 N–H and O–H groups in total. The van der Waals surface area contributed by atoms with Gasteiger partial charge in [-0.3, -0.25) is 38.4 Å². The molecule has 9 atom stereocenters. The van der Waals surface area contributed by atoms with E-state index in [0.29, 0.717) is 24.8 Å². The third kappa shape index (κ3) is 18.1. The number of fused-ring (bicyclic) bond motifs is 1. The Balaban J connectivity index is 2.11. The summed E-state index contributed by atoms with van der Waals surface area (Å²) in [6, 6.07) is 1.20. The fraction of sp³-hybridized carbons (Fsp3) is 0.644. The summed E-state index contributed by atoms with van der Waals surface area (Å²) in [5.74, 6) is -6.80. The van der Waals surface area contributed by atoms with Crippen LogP contribution >= 0.6 is 0 Å². The number of hydrogen-bond donors (Lipinski definition) is 2. The summed E-state index contributed by atoms with van der Waals surface area (Å²) in [4.78, 5) is 136. The molecule has 0 aromatic heterocycles. The van der Waals surface area contributed by atoms with E-state index in [0.717, 1.165) is 41.0 Å². The molecule has 3 rings (SSSR count). The fourth-order valence-corrected chi connectivity index (χ4v) is 10.1. The molecule has 0 radical (unpaired) electrons. The van der Waals surface area contributed by atoms with Gasteiger partial charge in [-0.05, 0) is 95.5 Å². The van der Waals surface area contributed by atoms with Crippen LogP contribution in [0.5, 0.6) is 0 Å². The van der Waals surface area contributed by atoms with Crippen LogP contribution in [0.2, 0.25) is 0 Å². The first-order valence-corrected chi connectivity index (χ1v) is 27.7. The van der Waals surface area contributed by atoms with Crippen LogP contribution in [0.25, 0.3) is 0 Å². The van der Waals surface area contributed by atoms with Crippen molar-refractivity contribution < 1.29 is 52.6 Å². The smallest absolute Gasteiger partial charge is 0.328 e. The Bertz CT molecular complexity index is 2320. The summed E-state index contributed by atoms with van der Waals surface area (Å²) in [6.07, 6.45) is 13.3. The van der Waals surface area contributed by atoms with Gasteiger partial charge in [-0.15, -0.1) is 0 Å². The van der Waals surface area contributed by atoms with E-state index in [1.807, 2.05) is 50.3 Å². The first kappa shape index (κ1) is 65.9. The van der Waals surface area contributed by atoms with Crippen LogP contribution in [0.3, 0.4) is 0 Å². The molecule has 8 amide bonds. The largest absolute Gasteiger partial charge is 0.461 e. The number of benzene rings is 1. The lowest BCUT2D eigenvalue weighted by Gasteiger charge is -2.41. The molecule has 0 bridgehead atoms. The average Bonchev–Trinajstić information content (AvgIpc) is 3.89. The summed E-state index contributed by atoms with van der Waals surface area (Å²) in [6.45, 7) is 15.8. The van der Waals surface area contributed by atoms with Crippen LogP contribution in [0.1, 0.15) is 126 Å². The number of nitrogens with one attached hydrogen (secondary N) is 1. The number of carbonyl (C=O) groups excluding carboxylic acids is 9. The second-order valence-electron chi connectivity index (χ2n) is 22.2. The highest BCUT2D eigenvalue weighted by atomic mass is 16.5. The predicted octanol–water partition coefficient (Wildman–Crippen LogP) is 5.06. The number of likely N-dealkylation sites (N-methyl/N-ethyl adjacent to an activating group) is 5. The lowest BCUT2D eigenvalue weighted by atomic mass is 9.95. The van der Waals surface area contributed by atoms with Crippen molar-refractivity contribution in [2.75, 3.05) is 48.9 Å². The number of nitrogens with two attached hydrogens (primary N) is 1. The van der Waals surface area contributed by atoms with Gasteiger partial charge < -0.3 is 49.9 Å². The number of rotatable bonds is 8. The number of primary amides is 1. The highest BCUT2D eigenvalue weighted by molar-refractivity contribution is 6.00. The third-order valence-electron chi connectivity index (χ3n) is 15.2. The number of esters is 1. The Morgan fingerprint density at radius 2 is 1.26 bits per heavy atom. The molecule has 1 saturated heterocycles.